The van der Waals surface area contributed by atoms with Crippen molar-refractivity contribution in [1.29, 1.82) is 0 Å². The Hall–Kier alpha value is -3.40. The first-order chi connectivity index (χ1) is 14.8. The maximum Gasteiger partial charge on any atom is 0.326 e. The van der Waals surface area contributed by atoms with Crippen LogP contribution in [0, 0.1) is 5.92 Å². The summed E-state index contributed by atoms with van der Waals surface area (Å²) in [5.41, 5.74) is 6.82. The van der Waals surface area contributed by atoms with Crippen molar-refractivity contribution in [3.05, 3.63) is 36.0 Å². The lowest BCUT2D eigenvalue weighted by molar-refractivity contribution is -0.142. The second kappa shape index (κ2) is 11.1. The van der Waals surface area contributed by atoms with Gasteiger partial charge in [0.05, 0.1) is 13.1 Å². The third kappa shape index (κ3) is 6.54. The molecule has 2 rings (SSSR count). The average Bonchev–Trinajstić information content (AvgIpc) is 3.17. The largest absolute Gasteiger partial charge is 0.480 e. The first-order valence-electron chi connectivity index (χ1n) is 10.1. The van der Waals surface area contributed by atoms with E-state index in [0.717, 1.165) is 16.5 Å². The standard InChI is InChI=1S/C21H29N5O5/c1-3-12(2)19(26-18(28)11-24-17(27)9-22)20(29)25-16(21(30)31)8-13-10-23-15-7-5-4-6-14(13)15/h4-7,10,12,16,19,23H,3,8-9,11,22H2,1-2H3,(H,24,27)(H,25,29)(H,26,28)(H,30,31). The molecule has 0 aliphatic rings. The van der Waals surface area contributed by atoms with Gasteiger partial charge < -0.3 is 31.8 Å². The molecule has 0 spiro atoms. The molecular weight excluding hydrogens is 402 g/mol. The molecule has 1 aromatic carbocycles. The van der Waals surface area contributed by atoms with E-state index in [9.17, 15) is 24.3 Å². The molecular formula is C21H29N5O5. The fraction of sp³-hybridized carbons (Fsp3) is 0.429. The number of benzene rings is 1. The van der Waals surface area contributed by atoms with Gasteiger partial charge in [-0.2, -0.15) is 0 Å². The number of H-pyrrole nitrogens is 1. The number of carbonyl (C=O) groups is 4. The van der Waals surface area contributed by atoms with E-state index in [1.165, 1.54) is 0 Å². The fourth-order valence-electron chi connectivity index (χ4n) is 3.16. The molecule has 31 heavy (non-hydrogen) atoms. The van der Waals surface area contributed by atoms with Crippen LogP contribution in [0.25, 0.3) is 10.9 Å². The fourth-order valence-corrected chi connectivity index (χ4v) is 3.16. The molecule has 3 unspecified atom stereocenters. The predicted molar refractivity (Wildman–Crippen MR) is 115 cm³/mol. The van der Waals surface area contributed by atoms with Gasteiger partial charge in [-0.15, -0.1) is 0 Å². The zero-order chi connectivity index (χ0) is 23.0. The number of nitrogens with two attached hydrogens (primary N) is 1. The van der Waals surface area contributed by atoms with Gasteiger partial charge in [0.1, 0.15) is 12.1 Å². The number of carboxylic acids is 1. The van der Waals surface area contributed by atoms with Crippen LogP contribution >= 0.6 is 0 Å². The summed E-state index contributed by atoms with van der Waals surface area (Å²) in [7, 11) is 0. The summed E-state index contributed by atoms with van der Waals surface area (Å²) in [6.07, 6.45) is 2.38. The number of nitrogens with one attached hydrogen (secondary N) is 4. The molecule has 0 fully saturated rings. The number of fused-ring (bicyclic) bond motifs is 1. The van der Waals surface area contributed by atoms with E-state index >= 15 is 0 Å². The first kappa shape index (κ1) is 23.9. The van der Waals surface area contributed by atoms with Crippen molar-refractivity contribution in [2.45, 2.75) is 38.8 Å². The summed E-state index contributed by atoms with van der Waals surface area (Å²) >= 11 is 0. The highest BCUT2D eigenvalue weighted by molar-refractivity contribution is 5.92. The molecule has 0 aliphatic heterocycles. The summed E-state index contributed by atoms with van der Waals surface area (Å²) in [4.78, 5) is 51.2. The lowest BCUT2D eigenvalue weighted by atomic mass is 9.97. The van der Waals surface area contributed by atoms with Gasteiger partial charge in [0.15, 0.2) is 0 Å². The van der Waals surface area contributed by atoms with Crippen molar-refractivity contribution in [3.8, 4) is 0 Å². The first-order valence-corrected chi connectivity index (χ1v) is 10.1. The molecule has 1 aromatic heterocycles. The number of carbonyl (C=O) groups excluding carboxylic acids is 3. The second-order valence-corrected chi connectivity index (χ2v) is 7.37. The zero-order valence-electron chi connectivity index (χ0n) is 17.6. The minimum absolute atomic E-state index is 0.0822. The number of aromatic amines is 1. The minimum atomic E-state index is -1.18. The van der Waals surface area contributed by atoms with Crippen LogP contribution in [-0.2, 0) is 25.6 Å². The van der Waals surface area contributed by atoms with Crippen molar-refractivity contribution in [1.82, 2.24) is 20.9 Å². The van der Waals surface area contributed by atoms with Crippen LogP contribution in [0.1, 0.15) is 25.8 Å². The van der Waals surface area contributed by atoms with E-state index in [2.05, 4.69) is 20.9 Å². The average molecular weight is 431 g/mol. The molecule has 0 bridgehead atoms. The quantitative estimate of drug-likeness (QED) is 0.290. The van der Waals surface area contributed by atoms with E-state index < -0.39 is 35.8 Å². The van der Waals surface area contributed by atoms with Gasteiger partial charge in [-0.3, -0.25) is 14.4 Å². The number of carboxylic acid groups (broad SMARTS) is 1. The normalized spacial score (nSPS) is 13.8. The number of para-hydroxylation sites is 1. The Morgan fingerprint density at radius 3 is 2.48 bits per heavy atom. The molecule has 1 heterocycles. The molecule has 10 nitrogen and oxygen atoms in total. The predicted octanol–water partition coefficient (Wildman–Crippen LogP) is -0.114. The van der Waals surface area contributed by atoms with E-state index in [1.807, 2.05) is 31.2 Å². The molecule has 0 saturated heterocycles. The van der Waals surface area contributed by atoms with E-state index in [4.69, 9.17) is 5.73 Å². The number of rotatable bonds is 11. The molecule has 0 saturated carbocycles. The highest BCUT2D eigenvalue weighted by atomic mass is 16.4. The van der Waals surface area contributed by atoms with Gasteiger partial charge in [0.2, 0.25) is 17.7 Å². The third-order valence-electron chi connectivity index (χ3n) is 5.16. The molecule has 2 aromatic rings. The molecule has 168 valence electrons. The molecule has 3 atom stereocenters. The smallest absolute Gasteiger partial charge is 0.326 e. The Morgan fingerprint density at radius 2 is 1.84 bits per heavy atom. The van der Waals surface area contributed by atoms with Gasteiger partial charge in [0, 0.05) is 23.5 Å². The number of aliphatic carboxylic acids is 1. The number of aromatic nitrogens is 1. The highest BCUT2D eigenvalue weighted by Gasteiger charge is 2.30. The number of amides is 3. The Labute approximate surface area is 179 Å². The summed E-state index contributed by atoms with van der Waals surface area (Å²) in [5, 5.41) is 18.0. The summed E-state index contributed by atoms with van der Waals surface area (Å²) in [5.74, 6) is -3.09. The van der Waals surface area contributed by atoms with E-state index in [0.29, 0.717) is 6.42 Å². The molecule has 3 amide bonds. The second-order valence-electron chi connectivity index (χ2n) is 7.37. The van der Waals surface area contributed by atoms with Crippen molar-refractivity contribution in [2.24, 2.45) is 11.7 Å². The highest BCUT2D eigenvalue weighted by Crippen LogP contribution is 2.19. The van der Waals surface area contributed by atoms with Gasteiger partial charge in [-0.1, -0.05) is 38.5 Å². The van der Waals surface area contributed by atoms with Crippen LogP contribution in [0.15, 0.2) is 30.5 Å². The van der Waals surface area contributed by atoms with Crippen molar-refractivity contribution in [3.63, 3.8) is 0 Å². The molecule has 0 radical (unpaired) electrons. The topological polar surface area (TPSA) is 166 Å². The van der Waals surface area contributed by atoms with Gasteiger partial charge in [-0.25, -0.2) is 4.79 Å². The SMILES string of the molecule is CCC(C)C(NC(=O)CNC(=O)CN)C(=O)NC(Cc1c[nH]c2ccccc12)C(=O)O. The maximum absolute atomic E-state index is 12.9. The van der Waals surface area contributed by atoms with Crippen molar-refractivity contribution >= 4 is 34.6 Å². The Balaban J connectivity index is 2.10. The lowest BCUT2D eigenvalue weighted by Crippen LogP contribution is -2.55. The third-order valence-corrected chi connectivity index (χ3v) is 5.16. The molecule has 0 aliphatic carbocycles. The Morgan fingerprint density at radius 1 is 1.13 bits per heavy atom. The number of hydrogen-bond donors (Lipinski definition) is 6. The summed E-state index contributed by atoms with van der Waals surface area (Å²) in [6, 6.07) is 5.36. The van der Waals surface area contributed by atoms with Crippen LogP contribution in [-0.4, -0.2) is 59.0 Å². The van der Waals surface area contributed by atoms with Crippen LogP contribution in [0.3, 0.4) is 0 Å². The van der Waals surface area contributed by atoms with Gasteiger partial charge >= 0.3 is 5.97 Å². The lowest BCUT2D eigenvalue weighted by Gasteiger charge is -2.25. The molecule has 10 heteroatoms. The Bertz CT molecular complexity index is 941. The van der Waals surface area contributed by atoms with Gasteiger partial charge in [-0.05, 0) is 17.5 Å². The Kier molecular flexibility index (Phi) is 8.56. The van der Waals surface area contributed by atoms with E-state index in [-0.39, 0.29) is 25.4 Å². The van der Waals surface area contributed by atoms with Crippen LogP contribution in [0.4, 0.5) is 0 Å². The zero-order valence-corrected chi connectivity index (χ0v) is 17.6. The van der Waals surface area contributed by atoms with Crippen LogP contribution in [0.2, 0.25) is 0 Å². The van der Waals surface area contributed by atoms with Crippen LogP contribution < -0.4 is 21.7 Å². The molecule has 7 N–H and O–H groups in total. The van der Waals surface area contributed by atoms with Gasteiger partial charge in [0.25, 0.3) is 0 Å². The maximum atomic E-state index is 12.9. The monoisotopic (exact) mass is 431 g/mol. The number of hydrogen-bond acceptors (Lipinski definition) is 5. The van der Waals surface area contributed by atoms with E-state index in [1.54, 1.807) is 13.1 Å². The minimum Gasteiger partial charge on any atom is -0.480 e. The summed E-state index contributed by atoms with van der Waals surface area (Å²) in [6.45, 7) is 3.05. The summed E-state index contributed by atoms with van der Waals surface area (Å²) < 4.78 is 0. The van der Waals surface area contributed by atoms with Crippen molar-refractivity contribution in [2.75, 3.05) is 13.1 Å². The van der Waals surface area contributed by atoms with Crippen molar-refractivity contribution < 1.29 is 24.3 Å². The van der Waals surface area contributed by atoms with Crippen LogP contribution in [0.5, 0.6) is 0 Å².